The summed E-state index contributed by atoms with van der Waals surface area (Å²) >= 11 is 0. The number of hydrogen-bond acceptors (Lipinski definition) is 4. The summed E-state index contributed by atoms with van der Waals surface area (Å²) in [6.07, 6.45) is 0.558. The molecule has 1 aliphatic rings. The smallest absolute Gasteiger partial charge is 0.222 e. The number of piperazine rings is 1. The molecule has 1 aliphatic heterocycles. The summed E-state index contributed by atoms with van der Waals surface area (Å²) in [4.78, 5) is 19.8. The van der Waals surface area contributed by atoms with Gasteiger partial charge < -0.3 is 9.80 Å². The van der Waals surface area contributed by atoms with Crippen LogP contribution in [0.5, 0.6) is 0 Å². The van der Waals surface area contributed by atoms with E-state index >= 15 is 0 Å². The van der Waals surface area contributed by atoms with Crippen LogP contribution in [0.15, 0.2) is 18.2 Å². The second-order valence-corrected chi connectivity index (χ2v) is 4.21. The van der Waals surface area contributed by atoms with Crippen molar-refractivity contribution < 1.29 is 4.79 Å². The molecule has 0 radical (unpaired) electrons. The third-order valence-corrected chi connectivity index (χ3v) is 3.11. The number of nitriles is 1. The van der Waals surface area contributed by atoms with E-state index in [1.165, 1.54) is 0 Å². The fourth-order valence-electron chi connectivity index (χ4n) is 2.07. The van der Waals surface area contributed by atoms with Gasteiger partial charge in [0.2, 0.25) is 5.91 Å². The van der Waals surface area contributed by atoms with Gasteiger partial charge in [0.25, 0.3) is 0 Å². The Labute approximate surface area is 107 Å². The predicted molar refractivity (Wildman–Crippen MR) is 68.0 cm³/mol. The third-order valence-electron chi connectivity index (χ3n) is 3.11. The highest BCUT2D eigenvalue weighted by molar-refractivity contribution is 5.76. The number of hydrogen-bond donors (Lipinski definition) is 0. The lowest BCUT2D eigenvalue weighted by atomic mass is 10.2. The average molecular weight is 244 g/mol. The Morgan fingerprint density at radius 2 is 2.11 bits per heavy atom. The van der Waals surface area contributed by atoms with E-state index in [4.69, 9.17) is 5.26 Å². The van der Waals surface area contributed by atoms with Crippen molar-refractivity contribution in [3.05, 3.63) is 23.9 Å². The molecule has 0 atom stereocenters. The molecule has 1 aromatic heterocycles. The van der Waals surface area contributed by atoms with Crippen LogP contribution in [0.1, 0.15) is 19.0 Å². The van der Waals surface area contributed by atoms with Gasteiger partial charge in [-0.25, -0.2) is 4.98 Å². The maximum atomic E-state index is 11.6. The van der Waals surface area contributed by atoms with Crippen molar-refractivity contribution >= 4 is 11.7 Å². The molecule has 0 spiro atoms. The van der Waals surface area contributed by atoms with E-state index in [0.29, 0.717) is 12.1 Å². The van der Waals surface area contributed by atoms with E-state index in [-0.39, 0.29) is 5.91 Å². The van der Waals surface area contributed by atoms with Crippen LogP contribution in [0.3, 0.4) is 0 Å². The lowest BCUT2D eigenvalue weighted by molar-refractivity contribution is -0.131. The zero-order valence-corrected chi connectivity index (χ0v) is 10.5. The molecule has 1 fully saturated rings. The van der Waals surface area contributed by atoms with Gasteiger partial charge in [0.15, 0.2) is 0 Å². The van der Waals surface area contributed by atoms with Gasteiger partial charge in [-0.3, -0.25) is 4.79 Å². The number of amides is 1. The lowest BCUT2D eigenvalue weighted by Gasteiger charge is -2.35. The van der Waals surface area contributed by atoms with Crippen LogP contribution >= 0.6 is 0 Å². The first-order valence-electron chi connectivity index (χ1n) is 6.14. The Hall–Kier alpha value is -2.09. The molecule has 2 heterocycles. The summed E-state index contributed by atoms with van der Waals surface area (Å²) in [6, 6.07) is 7.47. The van der Waals surface area contributed by atoms with Gasteiger partial charge in [0, 0.05) is 32.6 Å². The van der Waals surface area contributed by atoms with Crippen LogP contribution in [0, 0.1) is 11.3 Å². The van der Waals surface area contributed by atoms with Gasteiger partial charge >= 0.3 is 0 Å². The van der Waals surface area contributed by atoms with Crippen molar-refractivity contribution in [2.45, 2.75) is 13.3 Å². The molecule has 1 saturated heterocycles. The van der Waals surface area contributed by atoms with Crippen molar-refractivity contribution in [1.29, 1.82) is 5.26 Å². The van der Waals surface area contributed by atoms with E-state index < -0.39 is 0 Å². The van der Waals surface area contributed by atoms with Crippen molar-refractivity contribution in [2.24, 2.45) is 0 Å². The minimum atomic E-state index is 0.202. The first kappa shape index (κ1) is 12.4. The van der Waals surface area contributed by atoms with Crippen molar-refractivity contribution in [3.8, 4) is 6.07 Å². The Kier molecular flexibility index (Phi) is 3.78. The highest BCUT2D eigenvalue weighted by Gasteiger charge is 2.20. The highest BCUT2D eigenvalue weighted by Crippen LogP contribution is 2.14. The summed E-state index contributed by atoms with van der Waals surface area (Å²) in [7, 11) is 0. The van der Waals surface area contributed by atoms with Crippen LogP contribution in [0.4, 0.5) is 5.82 Å². The minimum Gasteiger partial charge on any atom is -0.353 e. The maximum absolute atomic E-state index is 11.6. The molecule has 18 heavy (non-hydrogen) atoms. The standard InChI is InChI=1S/C13H16N4O/c1-2-13(18)17-8-6-16(7-9-17)12-5-3-4-11(10-14)15-12/h3-5H,2,6-9H2,1H3. The second kappa shape index (κ2) is 5.50. The Morgan fingerprint density at radius 1 is 1.39 bits per heavy atom. The Balaban J connectivity index is 2.01. The van der Waals surface area contributed by atoms with Gasteiger partial charge in [0.1, 0.15) is 17.6 Å². The molecule has 1 aromatic rings. The zero-order valence-electron chi connectivity index (χ0n) is 10.5. The molecule has 0 aliphatic carbocycles. The number of carbonyl (C=O) groups excluding carboxylic acids is 1. The number of nitrogens with zero attached hydrogens (tertiary/aromatic N) is 4. The van der Waals surface area contributed by atoms with Crippen LogP contribution in [-0.2, 0) is 4.79 Å². The summed E-state index contributed by atoms with van der Waals surface area (Å²) < 4.78 is 0. The molecule has 5 heteroatoms. The van der Waals surface area contributed by atoms with E-state index in [0.717, 1.165) is 32.0 Å². The third kappa shape index (κ3) is 2.59. The quantitative estimate of drug-likeness (QED) is 0.779. The molecular formula is C13H16N4O. The number of aromatic nitrogens is 1. The normalized spacial score (nSPS) is 15.3. The molecule has 0 N–H and O–H groups in total. The molecule has 2 rings (SSSR count). The second-order valence-electron chi connectivity index (χ2n) is 4.21. The van der Waals surface area contributed by atoms with Gasteiger partial charge in [-0.2, -0.15) is 5.26 Å². The van der Waals surface area contributed by atoms with Gasteiger partial charge in [-0.1, -0.05) is 13.0 Å². The summed E-state index contributed by atoms with van der Waals surface area (Å²) in [5.41, 5.74) is 0.430. The van der Waals surface area contributed by atoms with Crippen LogP contribution in [0.2, 0.25) is 0 Å². The topological polar surface area (TPSA) is 60.2 Å². The molecule has 0 unspecified atom stereocenters. The van der Waals surface area contributed by atoms with Crippen molar-refractivity contribution in [2.75, 3.05) is 31.1 Å². The molecular weight excluding hydrogens is 228 g/mol. The zero-order chi connectivity index (χ0) is 13.0. The number of pyridine rings is 1. The molecule has 5 nitrogen and oxygen atoms in total. The summed E-state index contributed by atoms with van der Waals surface area (Å²) in [6.45, 7) is 4.88. The SMILES string of the molecule is CCC(=O)N1CCN(c2cccc(C#N)n2)CC1. The van der Waals surface area contributed by atoms with Gasteiger partial charge in [-0.15, -0.1) is 0 Å². The van der Waals surface area contributed by atoms with E-state index in [9.17, 15) is 4.79 Å². The summed E-state index contributed by atoms with van der Waals surface area (Å²) in [5, 5.41) is 8.82. The largest absolute Gasteiger partial charge is 0.353 e. The van der Waals surface area contributed by atoms with Gasteiger partial charge in [0.05, 0.1) is 0 Å². The number of anilines is 1. The van der Waals surface area contributed by atoms with Crippen molar-refractivity contribution in [1.82, 2.24) is 9.88 Å². The first-order valence-corrected chi connectivity index (χ1v) is 6.14. The van der Waals surface area contributed by atoms with E-state index in [1.54, 1.807) is 6.07 Å². The number of rotatable bonds is 2. The monoisotopic (exact) mass is 244 g/mol. The minimum absolute atomic E-state index is 0.202. The predicted octanol–water partition coefficient (Wildman–Crippen LogP) is 1.01. The summed E-state index contributed by atoms with van der Waals surface area (Å²) in [5.74, 6) is 1.02. The molecule has 0 saturated carbocycles. The highest BCUT2D eigenvalue weighted by atomic mass is 16.2. The van der Waals surface area contributed by atoms with Crippen molar-refractivity contribution in [3.63, 3.8) is 0 Å². The van der Waals surface area contributed by atoms with E-state index in [2.05, 4.69) is 9.88 Å². The van der Waals surface area contributed by atoms with Crippen LogP contribution in [0.25, 0.3) is 0 Å². The first-order chi connectivity index (χ1) is 8.74. The Morgan fingerprint density at radius 3 is 2.72 bits per heavy atom. The van der Waals surface area contributed by atoms with Crippen LogP contribution < -0.4 is 4.90 Å². The van der Waals surface area contributed by atoms with Gasteiger partial charge in [-0.05, 0) is 12.1 Å². The fourth-order valence-corrected chi connectivity index (χ4v) is 2.07. The van der Waals surface area contributed by atoms with Crippen LogP contribution in [-0.4, -0.2) is 42.0 Å². The fraction of sp³-hybridized carbons (Fsp3) is 0.462. The average Bonchev–Trinajstić information content (AvgIpc) is 2.46. The molecule has 0 bridgehead atoms. The molecule has 1 amide bonds. The molecule has 94 valence electrons. The number of carbonyl (C=O) groups is 1. The lowest BCUT2D eigenvalue weighted by Crippen LogP contribution is -2.48. The maximum Gasteiger partial charge on any atom is 0.222 e. The molecule has 0 aromatic carbocycles. The van der Waals surface area contributed by atoms with E-state index in [1.807, 2.05) is 30.0 Å². The Bertz CT molecular complexity index is 472.